The number of rotatable bonds is 10. The maximum Gasteiger partial charge on any atom is 0.500 e. The fourth-order valence-electron chi connectivity index (χ4n) is 1.82. The van der Waals surface area contributed by atoms with Gasteiger partial charge in [0.25, 0.3) is 0 Å². The third kappa shape index (κ3) is 5.94. The lowest BCUT2D eigenvalue weighted by atomic mass is 10.3. The molecule has 0 amide bonds. The van der Waals surface area contributed by atoms with Crippen molar-refractivity contribution in [3.63, 3.8) is 0 Å². The van der Waals surface area contributed by atoms with Gasteiger partial charge in [0.1, 0.15) is 0 Å². The SMILES string of the molecule is CCC(NCCC[Si](OC)(OC)OC)N(C)C. The zero-order valence-electron chi connectivity index (χ0n) is 12.1. The molecule has 1 atom stereocenters. The van der Waals surface area contributed by atoms with E-state index in [0.29, 0.717) is 6.17 Å². The fraction of sp³-hybridized carbons (Fsp3) is 1.00. The number of hydrogen-bond acceptors (Lipinski definition) is 5. The van der Waals surface area contributed by atoms with Crippen molar-refractivity contribution >= 4 is 8.80 Å². The third-order valence-electron chi connectivity index (χ3n) is 2.98. The Labute approximate surface area is 107 Å². The van der Waals surface area contributed by atoms with Crippen molar-refractivity contribution in [2.45, 2.75) is 32.0 Å². The molecule has 17 heavy (non-hydrogen) atoms. The van der Waals surface area contributed by atoms with Crippen LogP contribution in [0.4, 0.5) is 0 Å². The van der Waals surface area contributed by atoms with Crippen LogP contribution in [0.2, 0.25) is 6.04 Å². The third-order valence-corrected chi connectivity index (χ3v) is 5.81. The van der Waals surface area contributed by atoms with Gasteiger partial charge in [0, 0.05) is 27.4 Å². The van der Waals surface area contributed by atoms with E-state index in [1.165, 1.54) is 0 Å². The highest BCUT2D eigenvalue weighted by Gasteiger charge is 2.36. The van der Waals surface area contributed by atoms with Gasteiger partial charge in [-0.2, -0.15) is 0 Å². The predicted octanol–water partition coefficient (Wildman–Crippen LogP) is 1.14. The first-order valence-corrected chi connectivity index (χ1v) is 8.03. The number of nitrogens with one attached hydrogen (secondary N) is 1. The molecule has 0 saturated heterocycles. The zero-order chi connectivity index (χ0) is 13.3. The highest BCUT2D eigenvalue weighted by molar-refractivity contribution is 6.60. The van der Waals surface area contributed by atoms with E-state index in [-0.39, 0.29) is 0 Å². The van der Waals surface area contributed by atoms with Gasteiger partial charge in [0.2, 0.25) is 0 Å². The predicted molar refractivity (Wildman–Crippen MR) is 72.0 cm³/mol. The summed E-state index contributed by atoms with van der Waals surface area (Å²) in [5.41, 5.74) is 0. The fourth-order valence-corrected chi connectivity index (χ4v) is 3.54. The lowest BCUT2D eigenvalue weighted by Crippen LogP contribution is -2.45. The summed E-state index contributed by atoms with van der Waals surface area (Å²) >= 11 is 0. The maximum absolute atomic E-state index is 5.37. The molecule has 0 saturated carbocycles. The molecular weight excluding hydrogens is 236 g/mol. The monoisotopic (exact) mass is 264 g/mol. The average molecular weight is 264 g/mol. The van der Waals surface area contributed by atoms with Crippen molar-refractivity contribution in [3.8, 4) is 0 Å². The summed E-state index contributed by atoms with van der Waals surface area (Å²) in [7, 11) is 6.75. The lowest BCUT2D eigenvalue weighted by molar-refractivity contribution is 0.122. The van der Waals surface area contributed by atoms with Crippen LogP contribution in [0.3, 0.4) is 0 Å². The molecular formula is C11H28N2O3Si. The normalized spacial score (nSPS) is 14.3. The van der Waals surface area contributed by atoms with Gasteiger partial charge >= 0.3 is 8.80 Å². The molecule has 0 spiro atoms. The molecule has 0 heterocycles. The van der Waals surface area contributed by atoms with Gasteiger partial charge < -0.3 is 18.6 Å². The van der Waals surface area contributed by atoms with Gasteiger partial charge in [0.05, 0.1) is 6.17 Å². The summed E-state index contributed by atoms with van der Waals surface area (Å²) in [6, 6.07) is 0.841. The first kappa shape index (κ1) is 17.0. The second-order valence-electron chi connectivity index (χ2n) is 4.24. The van der Waals surface area contributed by atoms with E-state index in [2.05, 4.69) is 31.2 Å². The average Bonchev–Trinajstić information content (AvgIpc) is 2.34. The minimum Gasteiger partial charge on any atom is -0.377 e. The lowest BCUT2D eigenvalue weighted by Gasteiger charge is -2.26. The van der Waals surface area contributed by atoms with Crippen LogP contribution >= 0.6 is 0 Å². The van der Waals surface area contributed by atoms with E-state index >= 15 is 0 Å². The van der Waals surface area contributed by atoms with Crippen LogP contribution in [0.5, 0.6) is 0 Å². The Hall–Kier alpha value is 0.0169. The Balaban J connectivity index is 3.89. The van der Waals surface area contributed by atoms with Gasteiger partial charge in [-0.15, -0.1) is 0 Å². The summed E-state index contributed by atoms with van der Waals surface area (Å²) in [5, 5.41) is 3.50. The minimum absolute atomic E-state index is 0.429. The molecule has 1 N–H and O–H groups in total. The van der Waals surface area contributed by atoms with Crippen molar-refractivity contribution in [1.29, 1.82) is 0 Å². The Bertz CT molecular complexity index is 181. The summed E-state index contributed by atoms with van der Waals surface area (Å²) in [4.78, 5) is 2.19. The van der Waals surface area contributed by atoms with E-state index < -0.39 is 8.80 Å². The van der Waals surface area contributed by atoms with Crippen LogP contribution in [0, 0.1) is 0 Å². The first-order chi connectivity index (χ1) is 8.05. The van der Waals surface area contributed by atoms with Crippen molar-refractivity contribution in [1.82, 2.24) is 10.2 Å². The Kier molecular flexibility index (Phi) is 9.02. The molecule has 0 fully saturated rings. The summed E-state index contributed by atoms with van der Waals surface area (Å²) < 4.78 is 16.1. The van der Waals surface area contributed by atoms with Crippen molar-refractivity contribution < 1.29 is 13.3 Å². The van der Waals surface area contributed by atoms with E-state index in [1.54, 1.807) is 21.3 Å². The number of hydrogen-bond donors (Lipinski definition) is 1. The second kappa shape index (κ2) is 9.01. The second-order valence-corrected chi connectivity index (χ2v) is 7.33. The van der Waals surface area contributed by atoms with Gasteiger partial charge in [-0.3, -0.25) is 4.90 Å². The molecule has 0 aromatic heterocycles. The van der Waals surface area contributed by atoms with Gasteiger partial charge in [-0.1, -0.05) is 6.92 Å². The van der Waals surface area contributed by atoms with Crippen molar-refractivity contribution in [2.24, 2.45) is 0 Å². The van der Waals surface area contributed by atoms with Crippen molar-refractivity contribution in [3.05, 3.63) is 0 Å². The smallest absolute Gasteiger partial charge is 0.377 e. The zero-order valence-corrected chi connectivity index (χ0v) is 13.1. The Morgan fingerprint density at radius 2 is 1.65 bits per heavy atom. The van der Waals surface area contributed by atoms with Crippen LogP contribution in [-0.4, -0.2) is 61.8 Å². The molecule has 0 aromatic rings. The van der Waals surface area contributed by atoms with E-state index in [0.717, 1.165) is 25.4 Å². The van der Waals surface area contributed by atoms with E-state index in [1.807, 2.05) is 0 Å². The first-order valence-electron chi connectivity index (χ1n) is 6.10. The molecule has 0 bridgehead atoms. The molecule has 104 valence electrons. The molecule has 0 aliphatic rings. The topological polar surface area (TPSA) is 43.0 Å². The van der Waals surface area contributed by atoms with Gasteiger partial charge in [0.15, 0.2) is 0 Å². The molecule has 6 heteroatoms. The van der Waals surface area contributed by atoms with Crippen LogP contribution in [0.25, 0.3) is 0 Å². The van der Waals surface area contributed by atoms with E-state index in [4.69, 9.17) is 13.3 Å². The molecule has 1 unspecified atom stereocenters. The molecule has 0 rings (SSSR count). The van der Waals surface area contributed by atoms with Crippen molar-refractivity contribution in [2.75, 3.05) is 42.0 Å². The summed E-state index contributed by atoms with van der Waals surface area (Å²) in [6.45, 7) is 3.12. The standard InChI is InChI=1S/C11H28N2O3Si/c1-7-11(13(2)3)12-9-8-10-17(14-4,15-5)16-6/h11-12H,7-10H2,1-6H3. The van der Waals surface area contributed by atoms with Gasteiger partial charge in [-0.05, 0) is 33.5 Å². The van der Waals surface area contributed by atoms with Crippen LogP contribution in [0.15, 0.2) is 0 Å². The van der Waals surface area contributed by atoms with Crippen LogP contribution in [0.1, 0.15) is 19.8 Å². The largest absolute Gasteiger partial charge is 0.500 e. The molecule has 5 nitrogen and oxygen atoms in total. The van der Waals surface area contributed by atoms with Crippen LogP contribution in [-0.2, 0) is 13.3 Å². The quantitative estimate of drug-likeness (QED) is 0.364. The molecule has 0 aromatic carbocycles. The van der Waals surface area contributed by atoms with Gasteiger partial charge in [-0.25, -0.2) is 0 Å². The molecule has 0 radical (unpaired) electrons. The Morgan fingerprint density at radius 3 is 2.00 bits per heavy atom. The minimum atomic E-state index is -2.38. The maximum atomic E-state index is 5.37. The highest BCUT2D eigenvalue weighted by Crippen LogP contribution is 2.14. The highest BCUT2D eigenvalue weighted by atomic mass is 28.4. The Morgan fingerprint density at radius 1 is 1.12 bits per heavy atom. The summed E-state index contributed by atoms with van der Waals surface area (Å²) in [6.07, 6.45) is 2.51. The van der Waals surface area contributed by atoms with Crippen LogP contribution < -0.4 is 5.32 Å². The summed E-state index contributed by atoms with van der Waals surface area (Å²) in [5.74, 6) is 0. The molecule has 0 aliphatic carbocycles. The number of nitrogens with zero attached hydrogens (tertiary/aromatic N) is 1. The van der Waals surface area contributed by atoms with E-state index in [9.17, 15) is 0 Å². The molecule has 0 aliphatic heterocycles.